The molecule has 0 atom stereocenters. The Morgan fingerprint density at radius 1 is 0.315 bits per heavy atom. The van der Waals surface area contributed by atoms with Crippen molar-refractivity contribution in [2.75, 3.05) is 21.3 Å². The molecule has 0 heterocycles. The van der Waals surface area contributed by atoms with E-state index in [9.17, 15) is 0 Å². The van der Waals surface area contributed by atoms with Crippen molar-refractivity contribution >= 4 is 0 Å². The monoisotopic (exact) mass is 698 g/mol. The molecule has 0 saturated heterocycles. The number of rotatable bonds is 3. The molecule has 0 aliphatic heterocycles. The minimum Gasteiger partial charge on any atom is -0.497 e. The maximum Gasteiger partial charge on any atom is 0.118 e. The lowest BCUT2D eigenvalue weighted by Gasteiger charge is -2.17. The van der Waals surface area contributed by atoms with Crippen molar-refractivity contribution in [2.24, 2.45) is 0 Å². The normalized spacial score (nSPS) is 11.1. The Bertz CT molecular complexity index is 2530. The largest absolute Gasteiger partial charge is 0.497 e. The summed E-state index contributed by atoms with van der Waals surface area (Å²) in [7, 11) is 5.01. The van der Waals surface area contributed by atoms with Crippen molar-refractivity contribution in [1.82, 2.24) is 0 Å². The van der Waals surface area contributed by atoms with Gasteiger partial charge < -0.3 is 14.2 Å². The van der Waals surface area contributed by atoms with E-state index >= 15 is 0 Å². The van der Waals surface area contributed by atoms with E-state index in [1.54, 1.807) is 21.3 Å². The number of hydrogen-bond acceptors (Lipinski definition) is 3. The third-order valence-electron chi connectivity index (χ3n) is 9.40. The smallest absolute Gasteiger partial charge is 0.118 e. The second kappa shape index (κ2) is 17.0. The molecule has 0 fully saturated rings. The van der Waals surface area contributed by atoms with Crippen LogP contribution in [0.15, 0.2) is 127 Å². The SMILES string of the molecule is COc1ccc(C#Cc2cc3c(C#Cc4ccc(OC)cc4)cc2CCc2cc(C#Cc4ccc(OC)cc4)c(cc2C#Cc2ccccc2)CC3)cc1. The molecule has 4 bridgehead atoms. The summed E-state index contributed by atoms with van der Waals surface area (Å²) in [4.78, 5) is 0. The van der Waals surface area contributed by atoms with Crippen LogP contribution < -0.4 is 14.2 Å². The van der Waals surface area contributed by atoms with E-state index < -0.39 is 0 Å². The van der Waals surface area contributed by atoms with Crippen molar-refractivity contribution < 1.29 is 14.2 Å². The molecule has 3 heteroatoms. The van der Waals surface area contributed by atoms with Gasteiger partial charge in [-0.15, -0.1) is 0 Å². The summed E-state index contributed by atoms with van der Waals surface area (Å²) in [6.45, 7) is 0. The van der Waals surface area contributed by atoms with Gasteiger partial charge in [0, 0.05) is 44.5 Å². The Hall–Kier alpha value is -7.04. The van der Waals surface area contributed by atoms with Crippen molar-refractivity contribution in [3.05, 3.63) is 194 Å². The molecule has 0 radical (unpaired) electrons. The van der Waals surface area contributed by atoms with Crippen LogP contribution in [-0.2, 0) is 25.7 Å². The van der Waals surface area contributed by atoms with E-state index in [0.717, 1.165) is 110 Å². The Balaban J connectivity index is 1.33. The lowest BCUT2D eigenvalue weighted by Crippen LogP contribution is -2.07. The summed E-state index contributed by atoms with van der Waals surface area (Å²) in [6, 6.07) is 42.8. The van der Waals surface area contributed by atoms with Crippen LogP contribution in [0.4, 0.5) is 0 Å². The molecule has 54 heavy (non-hydrogen) atoms. The van der Waals surface area contributed by atoms with Crippen LogP contribution in [0.25, 0.3) is 0 Å². The Morgan fingerprint density at radius 2 is 0.574 bits per heavy atom. The highest BCUT2D eigenvalue weighted by atomic mass is 16.5. The van der Waals surface area contributed by atoms with Crippen LogP contribution >= 0.6 is 0 Å². The predicted molar refractivity (Wildman–Crippen MR) is 217 cm³/mol. The van der Waals surface area contributed by atoms with Crippen molar-refractivity contribution in [3.63, 3.8) is 0 Å². The molecular formula is C51H38O3. The molecule has 4 aliphatic rings. The lowest BCUT2D eigenvalue weighted by molar-refractivity contribution is 0.414. The lowest BCUT2D eigenvalue weighted by atomic mass is 9.86. The van der Waals surface area contributed by atoms with Gasteiger partial charge in [0.15, 0.2) is 0 Å². The van der Waals surface area contributed by atoms with Gasteiger partial charge in [0.05, 0.1) is 21.3 Å². The maximum absolute atomic E-state index is 5.36. The van der Waals surface area contributed by atoms with Gasteiger partial charge in [-0.1, -0.05) is 65.6 Å². The van der Waals surface area contributed by atoms with Crippen molar-refractivity contribution in [2.45, 2.75) is 25.7 Å². The first-order valence-electron chi connectivity index (χ1n) is 17.9. The Labute approximate surface area is 319 Å². The molecule has 3 nitrogen and oxygen atoms in total. The highest BCUT2D eigenvalue weighted by Crippen LogP contribution is 2.27. The zero-order valence-electron chi connectivity index (χ0n) is 30.7. The highest BCUT2D eigenvalue weighted by molar-refractivity contribution is 5.59. The molecule has 260 valence electrons. The predicted octanol–water partition coefficient (Wildman–Crippen LogP) is 9.20. The first-order chi connectivity index (χ1) is 26.6. The second-order valence-electron chi connectivity index (χ2n) is 12.9. The molecule has 0 N–H and O–H groups in total. The minimum absolute atomic E-state index is 0.756. The van der Waals surface area contributed by atoms with Gasteiger partial charge in [0.25, 0.3) is 0 Å². The number of methoxy groups -OCH3 is 3. The van der Waals surface area contributed by atoms with E-state index in [4.69, 9.17) is 14.2 Å². The summed E-state index contributed by atoms with van der Waals surface area (Å²) in [6.07, 6.45) is 3.04. The van der Waals surface area contributed by atoms with Crippen molar-refractivity contribution in [3.8, 4) is 64.6 Å². The highest BCUT2D eigenvalue weighted by Gasteiger charge is 2.15. The summed E-state index contributed by atoms with van der Waals surface area (Å²) < 4.78 is 16.1. The van der Waals surface area contributed by atoms with E-state index in [-0.39, 0.29) is 0 Å². The van der Waals surface area contributed by atoms with Gasteiger partial charge in [-0.25, -0.2) is 0 Å². The van der Waals surface area contributed by atoms with E-state index in [0.29, 0.717) is 0 Å². The van der Waals surface area contributed by atoms with Gasteiger partial charge in [0.1, 0.15) is 17.2 Å². The van der Waals surface area contributed by atoms with Crippen LogP contribution in [0, 0.1) is 47.4 Å². The molecule has 0 amide bonds. The van der Waals surface area contributed by atoms with Crippen LogP contribution in [0.3, 0.4) is 0 Å². The summed E-state index contributed by atoms with van der Waals surface area (Å²) in [5, 5.41) is 0. The summed E-state index contributed by atoms with van der Waals surface area (Å²) in [5.41, 5.74) is 12.5. The molecule has 0 spiro atoms. The zero-order valence-corrected chi connectivity index (χ0v) is 30.7. The van der Waals surface area contributed by atoms with Gasteiger partial charge in [-0.2, -0.15) is 0 Å². The Morgan fingerprint density at radius 3 is 0.833 bits per heavy atom. The molecule has 4 aliphatic carbocycles. The Kier molecular flexibility index (Phi) is 11.1. The average Bonchev–Trinajstić information content (AvgIpc) is 3.22. The standard InChI is InChI=1S/C51H38O3/c1-52-49-27-13-38(14-28-49)10-20-42-34-45-23-24-47-35-44(22-12-40-17-31-51(54-3)32-18-40)48(36-43(47)21-11-39-15-29-50(53-2)30-16-39)26-25-46(42)33-41(45)19-9-37-7-5-4-6-8-37/h4-8,13-18,27-36H,23-26H2,1-3H3. The molecule has 0 unspecified atom stereocenters. The summed E-state index contributed by atoms with van der Waals surface area (Å²) >= 11 is 0. The van der Waals surface area contributed by atoms with Crippen LogP contribution in [0.5, 0.6) is 17.2 Å². The third kappa shape index (κ3) is 8.87. The fourth-order valence-corrected chi connectivity index (χ4v) is 6.31. The van der Waals surface area contributed by atoms with E-state index in [1.807, 2.05) is 103 Å². The quantitative estimate of drug-likeness (QED) is 0.173. The van der Waals surface area contributed by atoms with Crippen LogP contribution in [0.1, 0.15) is 66.8 Å². The zero-order chi connectivity index (χ0) is 37.1. The first kappa shape index (κ1) is 35.4. The second-order valence-corrected chi connectivity index (χ2v) is 12.9. The van der Waals surface area contributed by atoms with E-state index in [1.165, 1.54) is 0 Å². The first-order valence-corrected chi connectivity index (χ1v) is 17.9. The molecule has 6 aromatic rings. The fraction of sp³-hybridized carbons (Fsp3) is 0.137. The number of benzene rings is 6. The number of ether oxygens (including phenoxy) is 3. The van der Waals surface area contributed by atoms with Gasteiger partial charge in [0.2, 0.25) is 0 Å². The van der Waals surface area contributed by atoms with Gasteiger partial charge >= 0.3 is 0 Å². The third-order valence-corrected chi connectivity index (χ3v) is 9.40. The van der Waals surface area contributed by atoms with Crippen LogP contribution in [-0.4, -0.2) is 21.3 Å². The number of aryl methyl sites for hydroxylation is 4. The molecule has 0 saturated carbocycles. The minimum atomic E-state index is 0.756. The molecular weight excluding hydrogens is 661 g/mol. The topological polar surface area (TPSA) is 27.7 Å². The summed E-state index contributed by atoms with van der Waals surface area (Å²) in [5.74, 6) is 30.1. The van der Waals surface area contributed by atoms with Gasteiger partial charge in [-0.05, 0) is 157 Å². The molecule has 10 rings (SSSR count). The van der Waals surface area contributed by atoms with Crippen LogP contribution in [0.2, 0.25) is 0 Å². The maximum atomic E-state index is 5.36. The van der Waals surface area contributed by atoms with Gasteiger partial charge in [-0.3, -0.25) is 0 Å². The number of hydrogen-bond donors (Lipinski definition) is 0. The van der Waals surface area contributed by atoms with E-state index in [2.05, 4.69) is 71.6 Å². The van der Waals surface area contributed by atoms with Crippen molar-refractivity contribution in [1.29, 1.82) is 0 Å². The molecule has 6 aromatic carbocycles. The molecule has 0 aromatic heterocycles. The average molecular weight is 699 g/mol. The fourth-order valence-electron chi connectivity index (χ4n) is 6.31.